The fourth-order valence-corrected chi connectivity index (χ4v) is 3.57. The molecule has 0 atom stereocenters. The first-order chi connectivity index (χ1) is 11.7. The van der Waals surface area contributed by atoms with Crippen LogP contribution in [0.25, 0.3) is 0 Å². The Bertz CT molecular complexity index is 521. The van der Waals surface area contributed by atoms with Gasteiger partial charge in [-0.05, 0) is 42.9 Å². The largest absolute Gasteiger partial charge is 0.379 e. The van der Waals surface area contributed by atoms with Crippen LogP contribution in [0.15, 0.2) is 24.3 Å². The molecule has 0 aromatic heterocycles. The predicted molar refractivity (Wildman–Crippen MR) is 91.3 cm³/mol. The van der Waals surface area contributed by atoms with Crippen LogP contribution in [0, 0.1) is 11.7 Å². The maximum Gasteiger partial charge on any atom is 0.222 e. The summed E-state index contributed by atoms with van der Waals surface area (Å²) in [6, 6.07) is 6.43. The molecule has 0 spiro atoms. The number of rotatable bonds is 5. The number of carbonyl (C=O) groups is 1. The van der Waals surface area contributed by atoms with Gasteiger partial charge in [0.15, 0.2) is 0 Å². The molecule has 2 fully saturated rings. The molecule has 0 N–H and O–H groups in total. The van der Waals surface area contributed by atoms with Crippen LogP contribution in [-0.2, 0) is 16.0 Å². The summed E-state index contributed by atoms with van der Waals surface area (Å²) in [4.78, 5) is 16.8. The zero-order valence-electron chi connectivity index (χ0n) is 14.3. The molecule has 2 heterocycles. The van der Waals surface area contributed by atoms with Gasteiger partial charge in [-0.1, -0.05) is 12.1 Å². The summed E-state index contributed by atoms with van der Waals surface area (Å²) >= 11 is 0. The minimum Gasteiger partial charge on any atom is -0.379 e. The van der Waals surface area contributed by atoms with E-state index >= 15 is 0 Å². The number of hydrogen-bond acceptors (Lipinski definition) is 3. The highest BCUT2D eigenvalue weighted by Gasteiger charge is 2.24. The van der Waals surface area contributed by atoms with Crippen LogP contribution in [0.2, 0.25) is 0 Å². The third-order valence-corrected chi connectivity index (χ3v) is 5.13. The SMILES string of the molecule is O=C(CCc1ccc(F)cc1)N1CCC(CN2CCOCC2)CC1. The van der Waals surface area contributed by atoms with Gasteiger partial charge in [0.25, 0.3) is 0 Å². The molecule has 24 heavy (non-hydrogen) atoms. The normalized spacial score (nSPS) is 20.3. The Labute approximate surface area is 143 Å². The van der Waals surface area contributed by atoms with E-state index in [0.717, 1.165) is 64.3 Å². The van der Waals surface area contributed by atoms with E-state index in [1.165, 1.54) is 12.1 Å². The molecule has 0 radical (unpaired) electrons. The van der Waals surface area contributed by atoms with Gasteiger partial charge in [0, 0.05) is 39.1 Å². The smallest absolute Gasteiger partial charge is 0.222 e. The second kappa shape index (κ2) is 8.58. The Balaban J connectivity index is 1.37. The molecule has 2 aliphatic heterocycles. The van der Waals surface area contributed by atoms with E-state index in [0.29, 0.717) is 18.8 Å². The fraction of sp³-hybridized carbons (Fsp3) is 0.632. The number of nitrogens with zero attached hydrogens (tertiary/aromatic N) is 2. The minimum absolute atomic E-state index is 0.226. The van der Waals surface area contributed by atoms with E-state index in [1.54, 1.807) is 12.1 Å². The van der Waals surface area contributed by atoms with Crippen molar-refractivity contribution in [3.05, 3.63) is 35.6 Å². The number of piperidine rings is 1. The summed E-state index contributed by atoms with van der Waals surface area (Å²) in [6.07, 6.45) is 3.39. The third-order valence-electron chi connectivity index (χ3n) is 5.13. The van der Waals surface area contributed by atoms with E-state index in [9.17, 15) is 9.18 Å². The van der Waals surface area contributed by atoms with Crippen molar-refractivity contribution >= 4 is 5.91 Å². The van der Waals surface area contributed by atoms with Crippen molar-refractivity contribution in [3.63, 3.8) is 0 Å². The molecule has 0 aliphatic carbocycles. The highest BCUT2D eigenvalue weighted by Crippen LogP contribution is 2.20. The van der Waals surface area contributed by atoms with Crippen LogP contribution in [-0.4, -0.2) is 61.6 Å². The first-order valence-electron chi connectivity index (χ1n) is 9.03. The Morgan fingerprint density at radius 1 is 1.08 bits per heavy atom. The topological polar surface area (TPSA) is 32.8 Å². The molecule has 1 aromatic rings. The van der Waals surface area contributed by atoms with E-state index < -0.39 is 0 Å². The molecular formula is C19H27FN2O2. The average molecular weight is 334 g/mol. The van der Waals surface area contributed by atoms with Crippen molar-refractivity contribution < 1.29 is 13.9 Å². The zero-order valence-corrected chi connectivity index (χ0v) is 14.3. The highest BCUT2D eigenvalue weighted by molar-refractivity contribution is 5.76. The highest BCUT2D eigenvalue weighted by atomic mass is 19.1. The maximum absolute atomic E-state index is 12.9. The summed E-state index contributed by atoms with van der Waals surface area (Å²) in [5, 5.41) is 0. The summed E-state index contributed by atoms with van der Waals surface area (Å²) in [5.74, 6) is 0.695. The molecular weight excluding hydrogens is 307 g/mol. The first kappa shape index (κ1) is 17.4. The van der Waals surface area contributed by atoms with Gasteiger partial charge in [-0.25, -0.2) is 4.39 Å². The third kappa shape index (κ3) is 5.02. The lowest BCUT2D eigenvalue weighted by Crippen LogP contribution is -2.44. The molecule has 1 aromatic carbocycles. The summed E-state index contributed by atoms with van der Waals surface area (Å²) in [5.41, 5.74) is 1.02. The lowest BCUT2D eigenvalue weighted by atomic mass is 9.95. The predicted octanol–water partition coefficient (Wildman–Crippen LogP) is 2.33. The van der Waals surface area contributed by atoms with Gasteiger partial charge >= 0.3 is 0 Å². The second-order valence-electron chi connectivity index (χ2n) is 6.86. The lowest BCUT2D eigenvalue weighted by molar-refractivity contribution is -0.132. The van der Waals surface area contributed by atoms with E-state index in [4.69, 9.17) is 4.74 Å². The molecule has 132 valence electrons. The van der Waals surface area contributed by atoms with Crippen molar-refractivity contribution in [3.8, 4) is 0 Å². The lowest BCUT2D eigenvalue weighted by Gasteiger charge is -2.36. The molecule has 4 nitrogen and oxygen atoms in total. The van der Waals surface area contributed by atoms with Crippen molar-refractivity contribution in [1.29, 1.82) is 0 Å². The second-order valence-corrected chi connectivity index (χ2v) is 6.86. The number of likely N-dealkylation sites (tertiary alicyclic amines) is 1. The van der Waals surface area contributed by atoms with E-state index in [-0.39, 0.29) is 11.7 Å². The van der Waals surface area contributed by atoms with Crippen LogP contribution in [0.5, 0.6) is 0 Å². The van der Waals surface area contributed by atoms with Gasteiger partial charge in [-0.3, -0.25) is 9.69 Å². The van der Waals surface area contributed by atoms with Gasteiger partial charge in [0.05, 0.1) is 13.2 Å². The van der Waals surface area contributed by atoms with Gasteiger partial charge < -0.3 is 9.64 Å². The van der Waals surface area contributed by atoms with Crippen LogP contribution >= 0.6 is 0 Å². The van der Waals surface area contributed by atoms with E-state index in [1.807, 2.05) is 4.90 Å². The molecule has 0 unspecified atom stereocenters. The Hall–Kier alpha value is -1.46. The molecule has 2 saturated heterocycles. The standard InChI is InChI=1S/C19H27FN2O2/c20-18-4-1-16(2-5-18)3-6-19(23)22-9-7-17(8-10-22)15-21-11-13-24-14-12-21/h1-2,4-5,17H,3,6-15H2. The van der Waals surface area contributed by atoms with Crippen molar-refractivity contribution in [1.82, 2.24) is 9.80 Å². The Morgan fingerprint density at radius 2 is 1.75 bits per heavy atom. The molecule has 5 heteroatoms. The minimum atomic E-state index is -0.229. The number of ether oxygens (including phenoxy) is 1. The number of morpholine rings is 1. The summed E-state index contributed by atoms with van der Waals surface area (Å²) in [6.45, 7) is 6.66. The average Bonchev–Trinajstić information content (AvgIpc) is 2.62. The molecule has 2 aliphatic rings. The van der Waals surface area contributed by atoms with Crippen molar-refractivity contribution in [2.24, 2.45) is 5.92 Å². The van der Waals surface area contributed by atoms with Crippen LogP contribution in [0.3, 0.4) is 0 Å². The monoisotopic (exact) mass is 334 g/mol. The maximum atomic E-state index is 12.9. The molecule has 3 rings (SSSR count). The molecule has 1 amide bonds. The number of halogens is 1. The fourth-order valence-electron chi connectivity index (χ4n) is 3.57. The zero-order chi connectivity index (χ0) is 16.8. The number of aryl methyl sites for hydroxylation is 1. The van der Waals surface area contributed by atoms with E-state index in [2.05, 4.69) is 4.90 Å². The van der Waals surface area contributed by atoms with Crippen LogP contribution in [0.4, 0.5) is 4.39 Å². The van der Waals surface area contributed by atoms with Crippen LogP contribution in [0.1, 0.15) is 24.8 Å². The van der Waals surface area contributed by atoms with Gasteiger partial charge in [0.1, 0.15) is 5.82 Å². The van der Waals surface area contributed by atoms with Gasteiger partial charge in [-0.15, -0.1) is 0 Å². The Morgan fingerprint density at radius 3 is 2.42 bits per heavy atom. The number of carbonyl (C=O) groups excluding carboxylic acids is 1. The van der Waals surface area contributed by atoms with Gasteiger partial charge in [0.2, 0.25) is 5.91 Å². The quantitative estimate of drug-likeness (QED) is 0.828. The Kier molecular flexibility index (Phi) is 6.21. The number of amides is 1. The first-order valence-corrected chi connectivity index (χ1v) is 9.03. The summed E-state index contributed by atoms with van der Waals surface area (Å²) < 4.78 is 18.3. The number of benzene rings is 1. The molecule has 0 bridgehead atoms. The number of hydrogen-bond donors (Lipinski definition) is 0. The molecule has 0 saturated carbocycles. The van der Waals surface area contributed by atoms with Crippen LogP contribution < -0.4 is 0 Å². The summed E-state index contributed by atoms with van der Waals surface area (Å²) in [7, 11) is 0. The van der Waals surface area contributed by atoms with Crippen molar-refractivity contribution in [2.75, 3.05) is 45.9 Å². The van der Waals surface area contributed by atoms with Gasteiger partial charge in [-0.2, -0.15) is 0 Å². The van der Waals surface area contributed by atoms with Crippen molar-refractivity contribution in [2.45, 2.75) is 25.7 Å².